The summed E-state index contributed by atoms with van der Waals surface area (Å²) in [5.74, 6) is -7.89. The van der Waals surface area contributed by atoms with Gasteiger partial charge in [-0.2, -0.15) is 0 Å². The topological polar surface area (TPSA) is 259 Å². The quantitative estimate of drug-likeness (QED) is 0.0854. The first kappa shape index (κ1) is 54.2. The van der Waals surface area contributed by atoms with Gasteiger partial charge in [0.2, 0.25) is 0 Å². The number of carbonyl (C=O) groups excluding carboxylic acids is 3. The van der Waals surface area contributed by atoms with E-state index in [-0.39, 0.29) is 70.8 Å². The molecular weight excluding hydrogens is 925 g/mol. The summed E-state index contributed by atoms with van der Waals surface area (Å²) in [6, 6.07) is 5.05. The highest BCUT2D eigenvalue weighted by Gasteiger charge is 2.50. The third-order valence-corrected chi connectivity index (χ3v) is 13.2. The molecule has 0 fully saturated rings. The lowest BCUT2D eigenvalue weighted by Gasteiger charge is -2.38. The van der Waals surface area contributed by atoms with Crippen molar-refractivity contribution in [1.82, 2.24) is 0 Å². The number of ketones is 1. The number of anilines is 2. The standard InChI is InChI=1S/C52H68N2O17/c1-27-11-10-12-28(2)51(62)54-42-35(26-53-34-13-14-37-38(25-34)68-24-22-66-20-18-64-17-19-65-21-23-67-37)46(59)39-40(47(42)60)45(58)32(6)49-41(39)50(61)52(8,71-49)69-16-15-36(63-9)29(3)48(70-33(7)55)31(5)44(57)30(4)43(27)56/h10-16,25,27,29-31,36,43-44,48,53,56-60H,17-24,26H2,1-9H3,(H,54,62)/b11-10+,16-15+,28-12-/t27-,29+,30+,31+,36-,43-,44+,48+,52-/m0/s1. The van der Waals surface area contributed by atoms with Gasteiger partial charge in [-0.15, -0.1) is 0 Å². The highest BCUT2D eigenvalue weighted by atomic mass is 16.7. The Morgan fingerprint density at radius 2 is 1.45 bits per heavy atom. The van der Waals surface area contributed by atoms with Crippen LogP contribution in [0, 0.1) is 30.6 Å². The Morgan fingerprint density at radius 1 is 0.817 bits per heavy atom. The summed E-state index contributed by atoms with van der Waals surface area (Å²) in [4.78, 5) is 41.1. The average Bonchev–Trinajstić information content (AvgIpc) is 3.60. The van der Waals surface area contributed by atoms with E-state index in [0.717, 1.165) is 0 Å². The number of allylic oxidation sites excluding steroid dienone is 2. The minimum absolute atomic E-state index is 0.0280. The smallest absolute Gasteiger partial charge is 0.312 e. The molecule has 0 saturated heterocycles. The number of carbonyl (C=O) groups is 3. The van der Waals surface area contributed by atoms with E-state index in [1.54, 1.807) is 58.0 Å². The number of rotatable bonds is 5. The molecule has 0 unspecified atom stereocenters. The molecule has 9 atom stereocenters. The van der Waals surface area contributed by atoms with Gasteiger partial charge in [0, 0.05) is 85.0 Å². The first-order valence-corrected chi connectivity index (χ1v) is 23.7. The minimum Gasteiger partial charge on any atom is -0.507 e. The van der Waals surface area contributed by atoms with Crippen LogP contribution in [0.5, 0.6) is 34.5 Å². The lowest BCUT2D eigenvalue weighted by molar-refractivity contribution is -0.160. The van der Waals surface area contributed by atoms with Crippen LogP contribution in [0.3, 0.4) is 0 Å². The van der Waals surface area contributed by atoms with Crippen LogP contribution in [0.25, 0.3) is 10.8 Å². The highest BCUT2D eigenvalue weighted by Crippen LogP contribution is 2.55. The van der Waals surface area contributed by atoms with Gasteiger partial charge in [0.1, 0.15) is 36.6 Å². The lowest BCUT2D eigenvalue weighted by Crippen LogP contribution is -2.46. The van der Waals surface area contributed by atoms with E-state index in [1.165, 1.54) is 53.2 Å². The number of phenols is 3. The SMILES string of the molecule is CO[C@H]1/C=C/O[C@@]2(C)Oc3c(C)c(O)c4c(O)c(c(CNc5ccc6c(c5)OCCOCCOCCOCCO6)c(O)c4c3C2=O)NC(=O)/C(C)=C\C=C\[C@H](C)[C@H](O)[C@@H](C)[C@@H](O)[C@@H](C)[C@H](OC(C)=O)[C@@H]1C. The Morgan fingerprint density at radius 3 is 2.08 bits per heavy atom. The summed E-state index contributed by atoms with van der Waals surface area (Å²) in [5, 5.41) is 64.8. The second kappa shape index (κ2) is 23.9. The van der Waals surface area contributed by atoms with Crippen LogP contribution >= 0.6 is 0 Å². The Hall–Kier alpha value is -6.09. The Bertz CT molecular complexity index is 2510. The molecule has 3 aromatic carbocycles. The van der Waals surface area contributed by atoms with Crippen molar-refractivity contribution in [2.24, 2.45) is 23.7 Å². The first-order chi connectivity index (χ1) is 33.8. The molecule has 19 heteroatoms. The molecule has 7 N–H and O–H groups in total. The van der Waals surface area contributed by atoms with E-state index in [0.29, 0.717) is 50.2 Å². The number of hydrogen-bond acceptors (Lipinski definition) is 18. The van der Waals surface area contributed by atoms with Crippen LogP contribution in [0.1, 0.15) is 70.0 Å². The first-order valence-electron chi connectivity index (χ1n) is 23.7. The Kier molecular flexibility index (Phi) is 18.2. The maximum absolute atomic E-state index is 14.7. The van der Waals surface area contributed by atoms with Gasteiger partial charge in [-0.3, -0.25) is 14.4 Å². The Labute approximate surface area is 413 Å². The minimum atomic E-state index is -2.09. The van der Waals surface area contributed by atoms with Crippen LogP contribution in [0.2, 0.25) is 0 Å². The summed E-state index contributed by atoms with van der Waals surface area (Å²) < 4.78 is 52.5. The van der Waals surface area contributed by atoms with Gasteiger partial charge < -0.3 is 78.8 Å². The van der Waals surface area contributed by atoms with Crippen LogP contribution in [-0.2, 0) is 44.6 Å². The molecule has 4 heterocycles. The molecule has 0 aromatic heterocycles. The number of aliphatic hydroxyl groups excluding tert-OH is 2. The van der Waals surface area contributed by atoms with Gasteiger partial charge in [0.15, 0.2) is 17.2 Å². The van der Waals surface area contributed by atoms with E-state index < -0.39 is 88.8 Å². The predicted molar refractivity (Wildman–Crippen MR) is 261 cm³/mol. The van der Waals surface area contributed by atoms with Crippen LogP contribution in [-0.4, -0.2) is 133 Å². The van der Waals surface area contributed by atoms with Crippen LogP contribution in [0.15, 0.2) is 54.3 Å². The van der Waals surface area contributed by atoms with Crippen molar-refractivity contribution < 1.29 is 82.5 Å². The number of Topliss-reactive ketones (excluding diaryl/α,β-unsaturated/α-hetero) is 1. The fourth-order valence-corrected chi connectivity index (χ4v) is 8.96. The van der Waals surface area contributed by atoms with E-state index in [4.69, 9.17) is 42.6 Å². The average molecular weight is 993 g/mol. The monoisotopic (exact) mass is 992 g/mol. The number of fused-ring (bicyclic) bond motifs is 15. The second-order valence-electron chi connectivity index (χ2n) is 18.2. The summed E-state index contributed by atoms with van der Waals surface area (Å²) in [6.07, 6.45) is 3.41. The largest absolute Gasteiger partial charge is 0.507 e. The normalized spacial score (nSPS) is 29.1. The fourth-order valence-electron chi connectivity index (χ4n) is 8.96. The summed E-state index contributed by atoms with van der Waals surface area (Å²) in [5.41, 5.74) is 0.0752. The number of aromatic hydroxyl groups is 3. The summed E-state index contributed by atoms with van der Waals surface area (Å²) in [6.45, 7) is 14.7. The van der Waals surface area contributed by atoms with Gasteiger partial charge in [-0.25, -0.2) is 0 Å². The zero-order chi connectivity index (χ0) is 51.7. The number of phenolic OH excluding ortho intramolecular Hbond substituents is 3. The van der Waals surface area contributed by atoms with Crippen molar-refractivity contribution in [3.63, 3.8) is 0 Å². The van der Waals surface area contributed by atoms with E-state index >= 15 is 0 Å². The molecule has 7 rings (SSSR count). The van der Waals surface area contributed by atoms with Gasteiger partial charge in [0.05, 0.1) is 80.9 Å². The number of hydrogen-bond donors (Lipinski definition) is 7. The fraction of sp³-hybridized carbons (Fsp3) is 0.519. The second-order valence-corrected chi connectivity index (χ2v) is 18.2. The number of esters is 1. The molecule has 0 saturated carbocycles. The highest BCUT2D eigenvalue weighted by molar-refractivity contribution is 6.22. The maximum atomic E-state index is 14.7. The van der Waals surface area contributed by atoms with Crippen LogP contribution in [0.4, 0.5) is 11.4 Å². The van der Waals surface area contributed by atoms with Crippen molar-refractivity contribution in [2.45, 2.75) is 92.1 Å². The van der Waals surface area contributed by atoms with Crippen LogP contribution < -0.4 is 24.8 Å². The molecule has 5 bridgehead atoms. The molecule has 388 valence electrons. The molecule has 0 spiro atoms. The van der Waals surface area contributed by atoms with Crippen molar-refractivity contribution in [2.75, 3.05) is 70.6 Å². The van der Waals surface area contributed by atoms with Crippen molar-refractivity contribution in [1.29, 1.82) is 0 Å². The number of amides is 1. The molecule has 3 aromatic rings. The molecular formula is C52H68N2O17. The lowest BCUT2D eigenvalue weighted by atomic mass is 9.78. The van der Waals surface area contributed by atoms with E-state index in [2.05, 4.69) is 10.6 Å². The number of methoxy groups -OCH3 is 1. The van der Waals surface area contributed by atoms with Crippen molar-refractivity contribution in [3.05, 3.63) is 71.0 Å². The number of benzene rings is 3. The van der Waals surface area contributed by atoms with E-state index in [9.17, 15) is 39.9 Å². The molecule has 71 heavy (non-hydrogen) atoms. The van der Waals surface area contributed by atoms with Crippen molar-refractivity contribution in [3.8, 4) is 34.5 Å². The summed E-state index contributed by atoms with van der Waals surface area (Å²) in [7, 11) is 1.43. The third-order valence-electron chi connectivity index (χ3n) is 13.2. The number of ether oxygens (including phenoxy) is 9. The molecule has 19 nitrogen and oxygen atoms in total. The molecule has 0 aliphatic carbocycles. The molecule has 1 amide bonds. The maximum Gasteiger partial charge on any atom is 0.312 e. The molecule has 0 radical (unpaired) electrons. The zero-order valence-corrected chi connectivity index (χ0v) is 41.7. The zero-order valence-electron chi connectivity index (χ0n) is 41.7. The predicted octanol–water partition coefficient (Wildman–Crippen LogP) is 6.19. The summed E-state index contributed by atoms with van der Waals surface area (Å²) >= 11 is 0. The van der Waals surface area contributed by atoms with Gasteiger partial charge >= 0.3 is 11.8 Å². The molecule has 4 aliphatic heterocycles. The Balaban J connectivity index is 1.46. The van der Waals surface area contributed by atoms with Gasteiger partial charge in [0.25, 0.3) is 11.7 Å². The molecule has 4 aliphatic rings. The number of aliphatic hydroxyl groups is 2. The third kappa shape index (κ3) is 12.2. The van der Waals surface area contributed by atoms with Gasteiger partial charge in [-0.1, -0.05) is 45.9 Å². The van der Waals surface area contributed by atoms with E-state index in [1.807, 2.05) is 0 Å². The number of nitrogens with one attached hydrogen (secondary N) is 2. The van der Waals surface area contributed by atoms with Gasteiger partial charge in [-0.05, 0) is 32.1 Å². The van der Waals surface area contributed by atoms with Crippen molar-refractivity contribution >= 4 is 39.8 Å².